The van der Waals surface area contributed by atoms with Gasteiger partial charge >= 0.3 is 0 Å². The lowest BCUT2D eigenvalue weighted by atomic mass is 10.0. The first-order valence-corrected chi connectivity index (χ1v) is 7.29. The van der Waals surface area contributed by atoms with Crippen LogP contribution in [0.15, 0.2) is 53.0 Å². The number of carbonyl (C=O) groups is 1. The van der Waals surface area contributed by atoms with E-state index in [4.69, 9.17) is 4.84 Å². The number of thiophene rings is 1. The number of oxime groups is 1. The Morgan fingerprint density at radius 2 is 2.15 bits per heavy atom. The second-order valence-corrected chi connectivity index (χ2v) is 5.53. The average molecular weight is 286 g/mol. The molecule has 4 nitrogen and oxygen atoms in total. The molecule has 1 N–H and O–H groups in total. The minimum absolute atomic E-state index is 0.118. The lowest BCUT2D eigenvalue weighted by molar-refractivity contribution is -0.131. The number of amides is 1. The van der Waals surface area contributed by atoms with Gasteiger partial charge in [0.2, 0.25) is 6.10 Å². The van der Waals surface area contributed by atoms with Crippen LogP contribution in [0, 0.1) is 0 Å². The second-order valence-electron chi connectivity index (χ2n) is 4.50. The van der Waals surface area contributed by atoms with Crippen molar-refractivity contribution in [3.63, 3.8) is 0 Å². The Bertz CT molecular complexity index is 608. The predicted molar refractivity (Wildman–Crippen MR) is 78.6 cm³/mol. The van der Waals surface area contributed by atoms with Crippen LogP contribution < -0.4 is 5.32 Å². The van der Waals surface area contributed by atoms with Gasteiger partial charge in [0.15, 0.2) is 0 Å². The van der Waals surface area contributed by atoms with E-state index in [-0.39, 0.29) is 5.91 Å². The SMILES string of the molecule is O=C(NCc1cccs1)[C@@H]1CC(c2ccccc2)=NO1. The maximum atomic E-state index is 12.0. The molecule has 1 aromatic carbocycles. The van der Waals surface area contributed by atoms with Crippen molar-refractivity contribution >= 4 is 23.0 Å². The Labute approximate surface area is 121 Å². The number of benzene rings is 1. The topological polar surface area (TPSA) is 50.7 Å². The molecule has 1 aromatic heterocycles. The van der Waals surface area contributed by atoms with Gasteiger partial charge < -0.3 is 10.2 Å². The molecule has 0 saturated carbocycles. The van der Waals surface area contributed by atoms with E-state index in [0.717, 1.165) is 16.2 Å². The van der Waals surface area contributed by atoms with Gasteiger partial charge in [-0.1, -0.05) is 41.6 Å². The van der Waals surface area contributed by atoms with Gasteiger partial charge in [0, 0.05) is 11.3 Å². The highest BCUT2D eigenvalue weighted by molar-refractivity contribution is 7.09. The van der Waals surface area contributed by atoms with Crippen LogP contribution in [0.5, 0.6) is 0 Å². The summed E-state index contributed by atoms with van der Waals surface area (Å²) >= 11 is 1.62. The van der Waals surface area contributed by atoms with Crippen molar-refractivity contribution < 1.29 is 9.63 Å². The summed E-state index contributed by atoms with van der Waals surface area (Å²) in [6, 6.07) is 13.7. The van der Waals surface area contributed by atoms with E-state index in [1.807, 2.05) is 47.8 Å². The molecule has 20 heavy (non-hydrogen) atoms. The Balaban J connectivity index is 1.54. The summed E-state index contributed by atoms with van der Waals surface area (Å²) in [5.41, 5.74) is 1.82. The summed E-state index contributed by atoms with van der Waals surface area (Å²) < 4.78 is 0. The monoisotopic (exact) mass is 286 g/mol. The molecule has 0 aliphatic carbocycles. The van der Waals surface area contributed by atoms with Crippen LogP contribution in [0.2, 0.25) is 0 Å². The molecule has 2 heterocycles. The lowest BCUT2D eigenvalue weighted by Gasteiger charge is -2.08. The summed E-state index contributed by atoms with van der Waals surface area (Å²) in [6.07, 6.45) is -0.00882. The Morgan fingerprint density at radius 1 is 1.30 bits per heavy atom. The summed E-state index contributed by atoms with van der Waals surface area (Å²) in [5, 5.41) is 8.87. The molecule has 1 aliphatic heterocycles. The van der Waals surface area contributed by atoms with E-state index in [2.05, 4.69) is 10.5 Å². The third-order valence-corrected chi connectivity index (χ3v) is 3.96. The zero-order valence-corrected chi connectivity index (χ0v) is 11.6. The van der Waals surface area contributed by atoms with Crippen molar-refractivity contribution in [1.29, 1.82) is 0 Å². The third-order valence-electron chi connectivity index (χ3n) is 3.09. The predicted octanol–water partition coefficient (Wildman–Crippen LogP) is 2.56. The summed E-state index contributed by atoms with van der Waals surface area (Å²) in [4.78, 5) is 18.4. The minimum atomic E-state index is -0.523. The number of hydrogen-bond donors (Lipinski definition) is 1. The molecule has 2 aromatic rings. The Kier molecular flexibility index (Phi) is 3.78. The fourth-order valence-corrected chi connectivity index (χ4v) is 2.66. The van der Waals surface area contributed by atoms with Crippen molar-refractivity contribution in [1.82, 2.24) is 5.32 Å². The van der Waals surface area contributed by atoms with E-state index >= 15 is 0 Å². The number of rotatable bonds is 4. The van der Waals surface area contributed by atoms with Crippen LogP contribution in [0.4, 0.5) is 0 Å². The minimum Gasteiger partial charge on any atom is -0.382 e. The van der Waals surface area contributed by atoms with Gasteiger partial charge in [-0.2, -0.15) is 0 Å². The second kappa shape index (κ2) is 5.88. The lowest BCUT2D eigenvalue weighted by Crippen LogP contribution is -2.34. The van der Waals surface area contributed by atoms with E-state index in [0.29, 0.717) is 13.0 Å². The van der Waals surface area contributed by atoms with E-state index in [1.165, 1.54) is 0 Å². The van der Waals surface area contributed by atoms with Crippen molar-refractivity contribution in [2.24, 2.45) is 5.16 Å². The molecular weight excluding hydrogens is 272 g/mol. The molecule has 1 atom stereocenters. The number of nitrogens with zero attached hydrogens (tertiary/aromatic N) is 1. The van der Waals surface area contributed by atoms with Crippen LogP contribution in [-0.4, -0.2) is 17.7 Å². The Hall–Kier alpha value is -2.14. The molecule has 0 spiro atoms. The highest BCUT2D eigenvalue weighted by Crippen LogP contribution is 2.17. The first-order valence-electron chi connectivity index (χ1n) is 6.41. The quantitative estimate of drug-likeness (QED) is 0.939. The van der Waals surface area contributed by atoms with Crippen LogP contribution in [0.1, 0.15) is 16.9 Å². The Morgan fingerprint density at radius 3 is 2.90 bits per heavy atom. The first-order chi connectivity index (χ1) is 9.83. The summed E-state index contributed by atoms with van der Waals surface area (Å²) in [5.74, 6) is -0.118. The van der Waals surface area contributed by atoms with Gasteiger partial charge in [-0.3, -0.25) is 4.79 Å². The van der Waals surface area contributed by atoms with E-state index < -0.39 is 6.10 Å². The molecule has 5 heteroatoms. The summed E-state index contributed by atoms with van der Waals surface area (Å²) in [6.45, 7) is 0.539. The van der Waals surface area contributed by atoms with E-state index in [1.54, 1.807) is 11.3 Å². The van der Waals surface area contributed by atoms with Gasteiger partial charge in [0.05, 0.1) is 12.3 Å². The molecule has 102 valence electrons. The molecule has 1 aliphatic rings. The zero-order valence-electron chi connectivity index (χ0n) is 10.8. The normalized spacial score (nSPS) is 17.4. The molecule has 0 unspecified atom stereocenters. The van der Waals surface area contributed by atoms with Crippen LogP contribution >= 0.6 is 11.3 Å². The standard InChI is InChI=1S/C15H14N2O2S/c18-15(16-10-12-7-4-8-20-12)14-9-13(17-19-14)11-5-2-1-3-6-11/h1-8,14H,9-10H2,(H,16,18)/t14-/m0/s1. The smallest absolute Gasteiger partial charge is 0.264 e. The van der Waals surface area contributed by atoms with Crippen LogP contribution in [0.25, 0.3) is 0 Å². The fourth-order valence-electron chi connectivity index (χ4n) is 2.02. The van der Waals surface area contributed by atoms with Crippen molar-refractivity contribution in [2.75, 3.05) is 0 Å². The maximum Gasteiger partial charge on any atom is 0.264 e. The van der Waals surface area contributed by atoms with Crippen LogP contribution in [-0.2, 0) is 16.2 Å². The summed E-state index contributed by atoms with van der Waals surface area (Å²) in [7, 11) is 0. The maximum absolute atomic E-state index is 12.0. The molecule has 0 fully saturated rings. The average Bonchev–Trinajstić information content (AvgIpc) is 3.17. The highest BCUT2D eigenvalue weighted by Gasteiger charge is 2.28. The molecular formula is C15H14N2O2S. The van der Waals surface area contributed by atoms with Crippen molar-refractivity contribution in [2.45, 2.75) is 19.1 Å². The molecule has 0 bridgehead atoms. The fraction of sp³-hybridized carbons (Fsp3) is 0.200. The number of carbonyl (C=O) groups excluding carboxylic acids is 1. The molecule has 3 rings (SSSR count). The van der Waals surface area contributed by atoms with Gasteiger partial charge in [-0.05, 0) is 17.0 Å². The van der Waals surface area contributed by atoms with Crippen molar-refractivity contribution in [3.8, 4) is 0 Å². The van der Waals surface area contributed by atoms with Gasteiger partial charge in [0.1, 0.15) is 0 Å². The first kappa shape index (κ1) is 12.9. The molecule has 0 saturated heterocycles. The molecule has 0 radical (unpaired) electrons. The van der Waals surface area contributed by atoms with Crippen molar-refractivity contribution in [3.05, 3.63) is 58.3 Å². The molecule has 1 amide bonds. The highest BCUT2D eigenvalue weighted by atomic mass is 32.1. The van der Waals surface area contributed by atoms with Gasteiger partial charge in [-0.15, -0.1) is 11.3 Å². The number of hydrogen-bond acceptors (Lipinski definition) is 4. The van der Waals surface area contributed by atoms with Crippen LogP contribution in [0.3, 0.4) is 0 Å². The van der Waals surface area contributed by atoms with Gasteiger partial charge in [0.25, 0.3) is 5.91 Å². The zero-order chi connectivity index (χ0) is 13.8. The third kappa shape index (κ3) is 2.88. The number of nitrogens with one attached hydrogen (secondary N) is 1. The largest absolute Gasteiger partial charge is 0.382 e. The van der Waals surface area contributed by atoms with Gasteiger partial charge in [-0.25, -0.2) is 0 Å². The van der Waals surface area contributed by atoms with E-state index in [9.17, 15) is 4.79 Å².